The molecule has 0 saturated carbocycles. The number of rotatable bonds is 7. The van der Waals surface area contributed by atoms with Gasteiger partial charge in [-0.15, -0.1) is 0 Å². The molecule has 0 bridgehead atoms. The number of nitrogens with zero attached hydrogens (tertiary/aromatic N) is 3. The number of benzene rings is 2. The molecule has 1 aliphatic rings. The molecule has 0 N–H and O–H groups in total. The Balaban J connectivity index is 1.63. The van der Waals surface area contributed by atoms with Crippen molar-refractivity contribution in [2.75, 3.05) is 20.6 Å². The van der Waals surface area contributed by atoms with Crippen molar-refractivity contribution in [1.29, 1.82) is 0 Å². The molecule has 1 fully saturated rings. The maximum absolute atomic E-state index is 13.5. The third kappa shape index (κ3) is 4.32. The monoisotopic (exact) mass is 415 g/mol. The fourth-order valence-electron chi connectivity index (χ4n) is 4.42. The second kappa shape index (κ2) is 9.31. The van der Waals surface area contributed by atoms with Gasteiger partial charge in [-0.1, -0.05) is 54.6 Å². The van der Waals surface area contributed by atoms with Crippen molar-refractivity contribution in [3.05, 3.63) is 95.8 Å². The Kier molecular flexibility index (Phi) is 6.33. The zero-order valence-corrected chi connectivity index (χ0v) is 18.2. The van der Waals surface area contributed by atoms with Crippen molar-refractivity contribution in [2.45, 2.75) is 31.5 Å². The van der Waals surface area contributed by atoms with Gasteiger partial charge in [-0.25, -0.2) is 0 Å². The second-order valence-corrected chi connectivity index (χ2v) is 8.18. The van der Waals surface area contributed by atoms with Gasteiger partial charge < -0.3 is 9.64 Å². The quantitative estimate of drug-likeness (QED) is 0.579. The summed E-state index contributed by atoms with van der Waals surface area (Å²) in [4.78, 5) is 22.0. The molecule has 1 aliphatic heterocycles. The molecule has 0 radical (unpaired) electrons. The fraction of sp³-hybridized carbons (Fsp3) is 0.308. The van der Waals surface area contributed by atoms with E-state index in [1.165, 1.54) is 0 Å². The molecule has 2 aromatic carbocycles. The fourth-order valence-corrected chi connectivity index (χ4v) is 4.42. The van der Waals surface area contributed by atoms with Gasteiger partial charge in [-0.2, -0.15) is 0 Å². The third-order valence-electron chi connectivity index (χ3n) is 5.93. The predicted molar refractivity (Wildman–Crippen MR) is 121 cm³/mol. The zero-order valence-electron chi connectivity index (χ0n) is 18.2. The number of amides is 1. The van der Waals surface area contributed by atoms with Gasteiger partial charge in [0.2, 0.25) is 5.91 Å². The summed E-state index contributed by atoms with van der Waals surface area (Å²) in [6.45, 7) is 1.98. The topological polar surface area (TPSA) is 45.7 Å². The van der Waals surface area contributed by atoms with E-state index in [0.717, 1.165) is 42.0 Å². The highest BCUT2D eigenvalue weighted by molar-refractivity contribution is 5.87. The molecule has 31 heavy (non-hydrogen) atoms. The minimum atomic E-state index is -0.753. The Morgan fingerprint density at radius 2 is 1.77 bits per heavy atom. The van der Waals surface area contributed by atoms with Gasteiger partial charge in [-0.3, -0.25) is 14.7 Å². The lowest BCUT2D eigenvalue weighted by Gasteiger charge is -2.38. The summed E-state index contributed by atoms with van der Waals surface area (Å²) in [5, 5.41) is 0. The molecule has 1 unspecified atom stereocenters. The molecule has 5 nitrogen and oxygen atoms in total. The smallest absolute Gasteiger partial charge is 0.248 e. The van der Waals surface area contributed by atoms with Gasteiger partial charge in [0.25, 0.3) is 0 Å². The molecule has 1 atom stereocenters. The number of carbonyl (C=O) groups excluding carboxylic acids is 1. The summed E-state index contributed by atoms with van der Waals surface area (Å²) in [5.74, 6) is 0.928. The summed E-state index contributed by atoms with van der Waals surface area (Å²) < 4.78 is 6.18. The van der Waals surface area contributed by atoms with Crippen LogP contribution in [-0.2, 0) is 23.5 Å². The maximum Gasteiger partial charge on any atom is 0.248 e. The minimum absolute atomic E-state index is 0.0754. The van der Waals surface area contributed by atoms with E-state index >= 15 is 0 Å². The van der Waals surface area contributed by atoms with Crippen LogP contribution in [0.4, 0.5) is 0 Å². The first kappa shape index (κ1) is 21.1. The Morgan fingerprint density at radius 1 is 1.03 bits per heavy atom. The first-order valence-corrected chi connectivity index (χ1v) is 10.7. The number of ether oxygens (including phenoxy) is 1. The molecule has 0 aliphatic carbocycles. The average molecular weight is 416 g/mol. The van der Waals surface area contributed by atoms with Gasteiger partial charge in [-0.05, 0) is 43.1 Å². The number of hydrogen-bond acceptors (Lipinski definition) is 4. The van der Waals surface area contributed by atoms with Crippen LogP contribution in [-0.4, -0.2) is 41.3 Å². The van der Waals surface area contributed by atoms with Crippen LogP contribution in [0.25, 0.3) is 0 Å². The first-order chi connectivity index (χ1) is 15.1. The normalized spacial score (nSPS) is 18.6. The molecule has 4 rings (SSSR count). The van der Waals surface area contributed by atoms with Crippen LogP contribution in [0.1, 0.15) is 29.7 Å². The standard InChI is InChI=1S/C26H29N3O2/c1-28(2)25(30)26(24-15-8-9-17-27-24)16-10-18-29(26)19-22-13-6-7-14-23(22)31-20-21-11-4-3-5-12-21/h3-9,11-15,17H,10,16,18-20H2,1-2H3. The van der Waals surface area contributed by atoms with E-state index < -0.39 is 5.54 Å². The predicted octanol–water partition coefficient (Wildman–Crippen LogP) is 4.24. The summed E-state index contributed by atoms with van der Waals surface area (Å²) in [7, 11) is 3.64. The number of likely N-dealkylation sites (N-methyl/N-ethyl adjacent to an activating group) is 1. The van der Waals surface area contributed by atoms with Crippen molar-refractivity contribution in [3.63, 3.8) is 0 Å². The highest BCUT2D eigenvalue weighted by atomic mass is 16.5. The van der Waals surface area contributed by atoms with Crippen molar-refractivity contribution >= 4 is 5.91 Å². The number of para-hydroxylation sites is 1. The lowest BCUT2D eigenvalue weighted by atomic mass is 9.89. The maximum atomic E-state index is 13.5. The Labute approximate surface area is 184 Å². The van der Waals surface area contributed by atoms with Crippen molar-refractivity contribution in [3.8, 4) is 5.75 Å². The third-order valence-corrected chi connectivity index (χ3v) is 5.93. The number of likely N-dealkylation sites (tertiary alicyclic amines) is 1. The van der Waals surface area contributed by atoms with Gasteiger partial charge in [0, 0.05) is 32.4 Å². The van der Waals surface area contributed by atoms with Crippen LogP contribution in [0.3, 0.4) is 0 Å². The first-order valence-electron chi connectivity index (χ1n) is 10.7. The average Bonchev–Trinajstić information content (AvgIpc) is 3.23. The summed E-state index contributed by atoms with van der Waals surface area (Å²) in [6.07, 6.45) is 3.48. The Hall–Kier alpha value is -3.18. The zero-order chi connectivity index (χ0) is 21.7. The molecular formula is C26H29N3O2. The summed E-state index contributed by atoms with van der Waals surface area (Å²) in [5.41, 5.74) is 2.27. The van der Waals surface area contributed by atoms with E-state index in [1.807, 2.05) is 68.7 Å². The lowest BCUT2D eigenvalue weighted by molar-refractivity contribution is -0.141. The number of pyridine rings is 1. The van der Waals surface area contributed by atoms with Crippen molar-refractivity contribution in [2.24, 2.45) is 0 Å². The van der Waals surface area contributed by atoms with E-state index in [1.54, 1.807) is 11.1 Å². The molecule has 1 saturated heterocycles. The molecule has 1 aromatic heterocycles. The highest BCUT2D eigenvalue weighted by Crippen LogP contribution is 2.41. The van der Waals surface area contributed by atoms with Crippen LogP contribution < -0.4 is 4.74 Å². The minimum Gasteiger partial charge on any atom is -0.489 e. The molecule has 5 heteroatoms. The van der Waals surface area contributed by atoms with E-state index in [0.29, 0.717) is 13.2 Å². The molecule has 160 valence electrons. The summed E-state index contributed by atoms with van der Waals surface area (Å²) in [6, 6.07) is 24.1. The van der Waals surface area contributed by atoms with Gasteiger partial charge in [0.1, 0.15) is 17.9 Å². The van der Waals surface area contributed by atoms with Gasteiger partial charge in [0.05, 0.1) is 5.69 Å². The molecule has 0 spiro atoms. The Bertz CT molecular complexity index is 1010. The molecular weight excluding hydrogens is 386 g/mol. The van der Waals surface area contributed by atoms with Crippen LogP contribution in [0.5, 0.6) is 5.75 Å². The molecule has 1 amide bonds. The van der Waals surface area contributed by atoms with Crippen LogP contribution in [0.2, 0.25) is 0 Å². The van der Waals surface area contributed by atoms with Gasteiger partial charge >= 0.3 is 0 Å². The highest BCUT2D eigenvalue weighted by Gasteiger charge is 2.50. The Morgan fingerprint density at radius 3 is 2.52 bits per heavy atom. The SMILES string of the molecule is CN(C)C(=O)C1(c2ccccn2)CCCN1Cc1ccccc1OCc1ccccc1. The van der Waals surface area contributed by atoms with Gasteiger partial charge in [0.15, 0.2) is 0 Å². The van der Waals surface area contributed by atoms with Crippen molar-refractivity contribution < 1.29 is 9.53 Å². The number of carbonyl (C=O) groups is 1. The molecule has 2 heterocycles. The second-order valence-electron chi connectivity index (χ2n) is 8.18. The number of hydrogen-bond donors (Lipinski definition) is 0. The van der Waals surface area contributed by atoms with Crippen LogP contribution >= 0.6 is 0 Å². The van der Waals surface area contributed by atoms with E-state index in [4.69, 9.17) is 4.74 Å². The van der Waals surface area contributed by atoms with E-state index in [9.17, 15) is 4.79 Å². The van der Waals surface area contributed by atoms with Crippen LogP contribution in [0, 0.1) is 0 Å². The largest absolute Gasteiger partial charge is 0.489 e. The molecule has 3 aromatic rings. The lowest BCUT2D eigenvalue weighted by Crippen LogP contribution is -2.52. The van der Waals surface area contributed by atoms with Crippen LogP contribution in [0.15, 0.2) is 79.0 Å². The van der Waals surface area contributed by atoms with E-state index in [2.05, 4.69) is 28.1 Å². The summed E-state index contributed by atoms with van der Waals surface area (Å²) >= 11 is 0. The van der Waals surface area contributed by atoms with Crippen molar-refractivity contribution in [1.82, 2.24) is 14.8 Å². The van der Waals surface area contributed by atoms with E-state index in [-0.39, 0.29) is 5.91 Å². The number of aromatic nitrogens is 1.